The van der Waals surface area contributed by atoms with Crippen LogP contribution in [0.5, 0.6) is 0 Å². The molecule has 1 aromatic heterocycles. The van der Waals surface area contributed by atoms with Crippen molar-refractivity contribution >= 4 is 29.2 Å². The Kier molecular flexibility index (Phi) is 7.29. The maximum absolute atomic E-state index is 12.2. The van der Waals surface area contributed by atoms with Gasteiger partial charge in [0.1, 0.15) is 0 Å². The number of pyridine rings is 1. The van der Waals surface area contributed by atoms with Crippen LogP contribution in [0.25, 0.3) is 0 Å². The first-order valence-electron chi connectivity index (χ1n) is 9.80. The first-order chi connectivity index (χ1) is 13.1. The number of rotatable bonds is 5. The summed E-state index contributed by atoms with van der Waals surface area (Å²) >= 11 is 5.96. The predicted molar refractivity (Wildman–Crippen MR) is 106 cm³/mol. The van der Waals surface area contributed by atoms with E-state index in [1.54, 1.807) is 18.3 Å². The van der Waals surface area contributed by atoms with Gasteiger partial charge in [-0.25, -0.2) is 9.78 Å². The van der Waals surface area contributed by atoms with E-state index in [9.17, 15) is 9.59 Å². The number of likely N-dealkylation sites (tertiary alicyclic amines) is 1. The summed E-state index contributed by atoms with van der Waals surface area (Å²) in [6.45, 7) is 1.87. The molecule has 1 saturated carbocycles. The minimum Gasteiger partial charge on any atom is -0.335 e. The van der Waals surface area contributed by atoms with Crippen LogP contribution in [0, 0.1) is 0 Å². The topological polar surface area (TPSA) is 86.4 Å². The van der Waals surface area contributed by atoms with Gasteiger partial charge in [0.15, 0.2) is 5.15 Å². The molecular formula is C19H28ClN5O2. The predicted octanol–water partition coefficient (Wildman–Crippen LogP) is 2.77. The summed E-state index contributed by atoms with van der Waals surface area (Å²) in [6.07, 6.45) is 9.13. The van der Waals surface area contributed by atoms with E-state index in [2.05, 4.69) is 25.8 Å². The fraction of sp³-hybridized carbons (Fsp3) is 0.632. The molecule has 1 aromatic rings. The molecule has 148 valence electrons. The zero-order valence-corrected chi connectivity index (χ0v) is 16.3. The first-order valence-corrected chi connectivity index (χ1v) is 10.2. The Bertz CT molecular complexity index is 643. The van der Waals surface area contributed by atoms with Crippen molar-refractivity contribution in [1.29, 1.82) is 0 Å². The number of carbonyl (C=O) groups excluding carboxylic acids is 2. The van der Waals surface area contributed by atoms with Crippen molar-refractivity contribution in [2.24, 2.45) is 0 Å². The van der Waals surface area contributed by atoms with Crippen LogP contribution in [0.2, 0.25) is 5.15 Å². The highest BCUT2D eigenvalue weighted by molar-refractivity contribution is 6.32. The van der Waals surface area contributed by atoms with E-state index >= 15 is 0 Å². The molecule has 0 aromatic carbocycles. The third-order valence-electron chi connectivity index (χ3n) is 5.26. The number of urea groups is 1. The van der Waals surface area contributed by atoms with E-state index in [0.717, 1.165) is 38.8 Å². The lowest BCUT2D eigenvalue weighted by Crippen LogP contribution is -2.51. The number of nitrogens with one attached hydrogen (secondary N) is 3. The summed E-state index contributed by atoms with van der Waals surface area (Å²) in [5.41, 5.74) is 0.528. The summed E-state index contributed by atoms with van der Waals surface area (Å²) in [7, 11) is 0. The van der Waals surface area contributed by atoms with Gasteiger partial charge in [0.05, 0.1) is 12.2 Å². The van der Waals surface area contributed by atoms with Crippen molar-refractivity contribution in [3.8, 4) is 0 Å². The van der Waals surface area contributed by atoms with E-state index in [1.807, 2.05) is 0 Å². The minimum atomic E-state index is -0.105. The Morgan fingerprint density at radius 3 is 2.41 bits per heavy atom. The number of hydrogen-bond donors (Lipinski definition) is 3. The third-order valence-corrected chi connectivity index (χ3v) is 5.56. The number of amides is 3. The number of carbonyl (C=O) groups is 2. The lowest BCUT2D eigenvalue weighted by molar-refractivity contribution is -0.117. The van der Waals surface area contributed by atoms with E-state index in [0.29, 0.717) is 18.3 Å². The van der Waals surface area contributed by atoms with Crippen LogP contribution in [0.1, 0.15) is 44.9 Å². The number of aromatic nitrogens is 1. The average molecular weight is 394 g/mol. The molecule has 2 heterocycles. The number of anilines is 1. The van der Waals surface area contributed by atoms with Gasteiger partial charge >= 0.3 is 6.03 Å². The van der Waals surface area contributed by atoms with Crippen molar-refractivity contribution in [3.05, 3.63) is 23.5 Å². The maximum atomic E-state index is 12.2. The molecule has 27 heavy (non-hydrogen) atoms. The summed E-state index contributed by atoms with van der Waals surface area (Å²) in [5, 5.41) is 9.26. The molecule has 0 bridgehead atoms. The molecule has 0 unspecified atom stereocenters. The summed E-state index contributed by atoms with van der Waals surface area (Å²) in [5.74, 6) is -0.105. The largest absolute Gasteiger partial charge is 0.335 e. The van der Waals surface area contributed by atoms with Gasteiger partial charge in [0.2, 0.25) is 5.91 Å². The van der Waals surface area contributed by atoms with E-state index in [4.69, 9.17) is 11.6 Å². The zero-order valence-electron chi connectivity index (χ0n) is 15.5. The quantitative estimate of drug-likeness (QED) is 0.671. The van der Waals surface area contributed by atoms with Crippen molar-refractivity contribution < 1.29 is 9.59 Å². The van der Waals surface area contributed by atoms with Crippen molar-refractivity contribution in [3.63, 3.8) is 0 Å². The van der Waals surface area contributed by atoms with Gasteiger partial charge in [-0.15, -0.1) is 0 Å². The number of halogens is 1. The molecule has 0 atom stereocenters. The molecule has 0 spiro atoms. The second-order valence-electron chi connectivity index (χ2n) is 7.39. The first kappa shape index (κ1) is 19.9. The second kappa shape index (κ2) is 9.90. The summed E-state index contributed by atoms with van der Waals surface area (Å²) in [6, 6.07) is 3.90. The molecule has 8 heteroatoms. The molecular weight excluding hydrogens is 366 g/mol. The van der Waals surface area contributed by atoms with Gasteiger partial charge in [-0.2, -0.15) is 0 Å². The Balaban J connectivity index is 1.35. The van der Waals surface area contributed by atoms with E-state index < -0.39 is 0 Å². The lowest BCUT2D eigenvalue weighted by Gasteiger charge is -2.32. The second-order valence-corrected chi connectivity index (χ2v) is 7.75. The fourth-order valence-corrected chi connectivity index (χ4v) is 3.93. The molecule has 2 fully saturated rings. The summed E-state index contributed by atoms with van der Waals surface area (Å²) < 4.78 is 0. The Labute approximate surface area is 165 Å². The van der Waals surface area contributed by atoms with Crippen LogP contribution in [-0.4, -0.2) is 53.5 Å². The molecule has 1 saturated heterocycles. The molecule has 0 radical (unpaired) electrons. The highest BCUT2D eigenvalue weighted by Gasteiger charge is 2.23. The van der Waals surface area contributed by atoms with Gasteiger partial charge in [0, 0.05) is 31.4 Å². The fourth-order valence-electron chi connectivity index (χ4n) is 3.77. The van der Waals surface area contributed by atoms with Gasteiger partial charge < -0.3 is 16.0 Å². The smallest absolute Gasteiger partial charge is 0.315 e. The molecule has 1 aliphatic heterocycles. The molecule has 7 nitrogen and oxygen atoms in total. The summed E-state index contributed by atoms with van der Waals surface area (Å²) in [4.78, 5) is 30.4. The highest BCUT2D eigenvalue weighted by Crippen LogP contribution is 2.18. The lowest BCUT2D eigenvalue weighted by atomic mass is 9.96. The van der Waals surface area contributed by atoms with Gasteiger partial charge in [-0.05, 0) is 37.8 Å². The molecule has 1 aliphatic carbocycles. The maximum Gasteiger partial charge on any atom is 0.315 e. The van der Waals surface area contributed by atoms with Crippen LogP contribution >= 0.6 is 11.6 Å². The number of hydrogen-bond acceptors (Lipinski definition) is 4. The van der Waals surface area contributed by atoms with Gasteiger partial charge in [-0.1, -0.05) is 30.9 Å². The number of piperidine rings is 1. The van der Waals surface area contributed by atoms with Crippen LogP contribution in [0.15, 0.2) is 18.3 Å². The zero-order chi connectivity index (χ0) is 19.1. The SMILES string of the molecule is O=C(CN1CCC(NC(=O)NC2CCCCC2)CC1)Nc1cccnc1Cl. The van der Waals surface area contributed by atoms with Crippen LogP contribution in [0.4, 0.5) is 10.5 Å². The third kappa shape index (κ3) is 6.36. The van der Waals surface area contributed by atoms with Crippen LogP contribution in [0.3, 0.4) is 0 Å². The van der Waals surface area contributed by atoms with E-state index in [1.165, 1.54) is 19.3 Å². The van der Waals surface area contributed by atoms with Crippen molar-refractivity contribution in [2.75, 3.05) is 25.0 Å². The minimum absolute atomic E-state index is 0.0516. The van der Waals surface area contributed by atoms with Gasteiger partial charge in [0.25, 0.3) is 0 Å². The van der Waals surface area contributed by atoms with Crippen molar-refractivity contribution in [1.82, 2.24) is 20.5 Å². The van der Waals surface area contributed by atoms with Crippen molar-refractivity contribution in [2.45, 2.75) is 57.0 Å². The number of nitrogens with zero attached hydrogens (tertiary/aromatic N) is 2. The highest BCUT2D eigenvalue weighted by atomic mass is 35.5. The monoisotopic (exact) mass is 393 g/mol. The van der Waals surface area contributed by atoms with Gasteiger partial charge in [-0.3, -0.25) is 9.69 Å². The average Bonchev–Trinajstić information content (AvgIpc) is 2.66. The normalized spacial score (nSPS) is 19.4. The van der Waals surface area contributed by atoms with Crippen LogP contribution in [-0.2, 0) is 4.79 Å². The van der Waals surface area contributed by atoms with Crippen LogP contribution < -0.4 is 16.0 Å². The molecule has 3 rings (SSSR count). The molecule has 2 aliphatic rings. The molecule has 3 N–H and O–H groups in total. The standard InChI is InChI=1S/C19H28ClN5O2/c20-18-16(7-4-10-21-18)24-17(26)13-25-11-8-15(9-12-25)23-19(27)22-14-5-2-1-3-6-14/h4,7,10,14-15H,1-3,5-6,8-9,11-13H2,(H,24,26)(H2,22,23,27). The Hall–Kier alpha value is -1.86. The molecule has 3 amide bonds. The Morgan fingerprint density at radius 1 is 1.07 bits per heavy atom. The Morgan fingerprint density at radius 2 is 1.74 bits per heavy atom. The van der Waals surface area contributed by atoms with E-state index in [-0.39, 0.29) is 23.1 Å².